The van der Waals surface area contributed by atoms with E-state index in [0.29, 0.717) is 16.1 Å². The summed E-state index contributed by atoms with van der Waals surface area (Å²) in [5, 5.41) is 11.8. The van der Waals surface area contributed by atoms with Gasteiger partial charge < -0.3 is 10.1 Å². The minimum atomic E-state index is -0.901. The molecule has 5 nitrogen and oxygen atoms in total. The van der Waals surface area contributed by atoms with Crippen molar-refractivity contribution in [2.24, 2.45) is 0 Å². The second-order valence-corrected chi connectivity index (χ2v) is 9.16. The number of thioether (sulfide) groups is 1. The number of hydrogen-bond donors (Lipinski definition) is 2. The summed E-state index contributed by atoms with van der Waals surface area (Å²) < 4.78 is 0. The third-order valence-electron chi connectivity index (χ3n) is 4.32. The Kier molecular flexibility index (Phi) is 4.73. The van der Waals surface area contributed by atoms with Gasteiger partial charge in [-0.3, -0.25) is 9.59 Å². The molecule has 2 N–H and O–H groups in total. The van der Waals surface area contributed by atoms with Crippen molar-refractivity contribution >= 4 is 61.6 Å². The minimum absolute atomic E-state index is 0.0844. The van der Waals surface area contributed by atoms with Gasteiger partial charge in [-0.2, -0.15) is 0 Å². The molecule has 0 amide bonds. The Bertz CT molecular complexity index is 1090. The highest BCUT2D eigenvalue weighted by Crippen LogP contribution is 2.36. The summed E-state index contributed by atoms with van der Waals surface area (Å²) >= 11 is 4.34. The van der Waals surface area contributed by atoms with Crippen LogP contribution < -0.4 is 5.56 Å². The van der Waals surface area contributed by atoms with Gasteiger partial charge in [-0.25, -0.2) is 4.98 Å². The lowest BCUT2D eigenvalue weighted by Gasteiger charge is -2.06. The quantitative estimate of drug-likeness (QED) is 0.667. The van der Waals surface area contributed by atoms with E-state index in [0.717, 1.165) is 40.1 Å². The average Bonchev–Trinajstić information content (AvgIpc) is 3.27. The Morgan fingerprint density at radius 2 is 2.31 bits per heavy atom. The van der Waals surface area contributed by atoms with E-state index in [2.05, 4.69) is 9.97 Å². The number of hydrogen-bond acceptors (Lipinski definition) is 6. The normalized spacial score (nSPS) is 14.1. The highest BCUT2D eigenvalue weighted by atomic mass is 32.2. The fourth-order valence-electron chi connectivity index (χ4n) is 3.09. The third-order valence-corrected chi connectivity index (χ3v) is 7.49. The molecular weight excluding hydrogens is 388 g/mol. The summed E-state index contributed by atoms with van der Waals surface area (Å²) in [5.41, 5.74) is 2.12. The number of aliphatic carboxylic acids is 1. The monoisotopic (exact) mass is 404 g/mol. The van der Waals surface area contributed by atoms with E-state index in [4.69, 9.17) is 5.11 Å². The molecule has 8 heteroatoms. The van der Waals surface area contributed by atoms with Gasteiger partial charge in [0, 0.05) is 9.75 Å². The van der Waals surface area contributed by atoms with Crippen LogP contribution in [0.15, 0.2) is 16.2 Å². The van der Waals surface area contributed by atoms with Gasteiger partial charge in [-0.1, -0.05) is 0 Å². The standard InChI is InChI=1S/C18H16N2O3S3/c1-9-5-6-24-12(9)7-13(25-8-14(21)22)16-19-17(23)15-10-3-2-4-11(10)26-18(15)20-16/h5-7H,2-4,8H2,1H3,(H,21,22)(H,19,20,23)/b13-7-. The molecule has 0 atom stereocenters. The third kappa shape index (κ3) is 3.24. The van der Waals surface area contributed by atoms with Crippen LogP contribution in [0.4, 0.5) is 0 Å². The highest BCUT2D eigenvalue weighted by Gasteiger charge is 2.22. The summed E-state index contributed by atoms with van der Waals surface area (Å²) in [7, 11) is 0. The Labute approximate surface area is 161 Å². The van der Waals surface area contributed by atoms with Crippen LogP contribution >= 0.6 is 34.4 Å². The topological polar surface area (TPSA) is 83.0 Å². The van der Waals surface area contributed by atoms with Crippen LogP contribution in [0.1, 0.15) is 33.1 Å². The van der Waals surface area contributed by atoms with E-state index >= 15 is 0 Å². The van der Waals surface area contributed by atoms with E-state index in [1.807, 2.05) is 24.4 Å². The van der Waals surface area contributed by atoms with Crippen molar-refractivity contribution in [1.82, 2.24) is 9.97 Å². The van der Waals surface area contributed by atoms with Gasteiger partial charge in [0.1, 0.15) is 10.7 Å². The molecule has 26 heavy (non-hydrogen) atoms. The zero-order valence-corrected chi connectivity index (χ0v) is 16.4. The second-order valence-electron chi connectivity index (χ2n) is 6.11. The number of nitrogens with one attached hydrogen (secondary N) is 1. The maximum atomic E-state index is 12.7. The molecule has 0 saturated heterocycles. The number of H-pyrrole nitrogens is 1. The van der Waals surface area contributed by atoms with Crippen molar-refractivity contribution in [1.29, 1.82) is 0 Å². The van der Waals surface area contributed by atoms with Gasteiger partial charge in [-0.15, -0.1) is 34.4 Å². The van der Waals surface area contributed by atoms with Crippen molar-refractivity contribution in [3.63, 3.8) is 0 Å². The zero-order chi connectivity index (χ0) is 18.3. The molecule has 0 fully saturated rings. The van der Waals surface area contributed by atoms with Gasteiger partial charge in [0.25, 0.3) is 5.56 Å². The lowest BCUT2D eigenvalue weighted by Crippen LogP contribution is -2.11. The van der Waals surface area contributed by atoms with Crippen molar-refractivity contribution in [3.8, 4) is 0 Å². The molecule has 0 saturated carbocycles. The van der Waals surface area contributed by atoms with Crippen LogP contribution in [-0.4, -0.2) is 26.8 Å². The van der Waals surface area contributed by atoms with Crippen LogP contribution in [0.2, 0.25) is 0 Å². The number of nitrogens with zero attached hydrogens (tertiary/aromatic N) is 1. The van der Waals surface area contributed by atoms with Gasteiger partial charge in [0.05, 0.1) is 16.0 Å². The van der Waals surface area contributed by atoms with Crippen LogP contribution in [0, 0.1) is 6.92 Å². The molecule has 3 heterocycles. The van der Waals surface area contributed by atoms with Gasteiger partial charge in [0.15, 0.2) is 0 Å². The smallest absolute Gasteiger partial charge is 0.313 e. The molecule has 0 aliphatic heterocycles. The van der Waals surface area contributed by atoms with Crippen molar-refractivity contribution in [2.75, 3.05) is 5.75 Å². The molecule has 0 radical (unpaired) electrons. The minimum Gasteiger partial charge on any atom is -0.481 e. The summed E-state index contributed by atoms with van der Waals surface area (Å²) in [6, 6.07) is 2.01. The SMILES string of the molecule is Cc1ccsc1/C=C(\SCC(=O)O)c1nc2sc3c(c2c(=O)[nH]1)CCC3. The fraction of sp³-hybridized carbons (Fsp3) is 0.278. The summed E-state index contributed by atoms with van der Waals surface area (Å²) in [5.74, 6) is -0.539. The molecule has 3 aromatic heterocycles. The lowest BCUT2D eigenvalue weighted by molar-refractivity contribution is -0.133. The lowest BCUT2D eigenvalue weighted by atomic mass is 10.2. The predicted octanol–water partition coefficient (Wildman–Crippen LogP) is 4.16. The Morgan fingerprint density at radius 3 is 3.04 bits per heavy atom. The zero-order valence-electron chi connectivity index (χ0n) is 14.0. The first-order valence-corrected chi connectivity index (χ1v) is 10.9. The number of rotatable bonds is 5. The first kappa shape index (κ1) is 17.5. The molecule has 3 aromatic rings. The van der Waals surface area contributed by atoms with E-state index in [1.165, 1.54) is 16.6 Å². The van der Waals surface area contributed by atoms with Crippen LogP contribution in [0.25, 0.3) is 21.2 Å². The number of fused-ring (bicyclic) bond motifs is 3. The van der Waals surface area contributed by atoms with Crippen LogP contribution in [0.5, 0.6) is 0 Å². The first-order valence-electron chi connectivity index (χ1n) is 8.18. The van der Waals surface area contributed by atoms with E-state index in [9.17, 15) is 9.59 Å². The average molecular weight is 405 g/mol. The number of thiophene rings is 2. The van der Waals surface area contributed by atoms with Crippen molar-refractivity contribution in [3.05, 3.63) is 48.5 Å². The largest absolute Gasteiger partial charge is 0.481 e. The fourth-order valence-corrected chi connectivity index (χ4v) is 6.00. The number of aryl methyl sites for hydroxylation is 3. The maximum absolute atomic E-state index is 12.7. The molecule has 0 unspecified atom stereocenters. The molecule has 0 spiro atoms. The summed E-state index contributed by atoms with van der Waals surface area (Å²) in [4.78, 5) is 35.0. The van der Waals surface area contributed by atoms with E-state index in [-0.39, 0.29) is 11.3 Å². The first-order chi connectivity index (χ1) is 12.5. The summed E-state index contributed by atoms with van der Waals surface area (Å²) in [6.07, 6.45) is 4.95. The molecule has 1 aliphatic carbocycles. The maximum Gasteiger partial charge on any atom is 0.313 e. The molecule has 0 bridgehead atoms. The Balaban J connectivity index is 1.82. The Morgan fingerprint density at radius 1 is 1.46 bits per heavy atom. The van der Waals surface area contributed by atoms with Crippen LogP contribution in [0.3, 0.4) is 0 Å². The van der Waals surface area contributed by atoms with E-state index < -0.39 is 5.97 Å². The van der Waals surface area contributed by atoms with E-state index in [1.54, 1.807) is 22.7 Å². The van der Waals surface area contributed by atoms with Crippen LogP contribution in [-0.2, 0) is 17.6 Å². The van der Waals surface area contributed by atoms with Crippen molar-refractivity contribution < 1.29 is 9.90 Å². The number of carboxylic acid groups (broad SMARTS) is 1. The van der Waals surface area contributed by atoms with Gasteiger partial charge in [-0.05, 0) is 54.8 Å². The molecule has 4 rings (SSSR count). The second kappa shape index (κ2) is 7.02. The molecule has 134 valence electrons. The van der Waals surface area contributed by atoms with Crippen molar-refractivity contribution in [2.45, 2.75) is 26.2 Å². The number of aromatic amines is 1. The number of carboxylic acids is 1. The molecular formula is C18H16N2O3S3. The van der Waals surface area contributed by atoms with Gasteiger partial charge in [0.2, 0.25) is 0 Å². The highest BCUT2D eigenvalue weighted by molar-refractivity contribution is 8.09. The number of carbonyl (C=O) groups is 1. The van der Waals surface area contributed by atoms with Gasteiger partial charge >= 0.3 is 5.97 Å². The Hall–Kier alpha value is -1.90. The number of aromatic nitrogens is 2. The molecule has 1 aliphatic rings. The summed E-state index contributed by atoms with van der Waals surface area (Å²) in [6.45, 7) is 2.00. The predicted molar refractivity (Wildman–Crippen MR) is 109 cm³/mol. The molecule has 0 aromatic carbocycles.